The molecule has 1 aliphatic heterocycles. The third kappa shape index (κ3) is 3.16. The van der Waals surface area contributed by atoms with E-state index in [0.717, 1.165) is 31.5 Å². The Kier molecular flexibility index (Phi) is 4.73. The smallest absolute Gasteiger partial charge is 0.247 e. The van der Waals surface area contributed by atoms with Crippen LogP contribution in [0.5, 0.6) is 0 Å². The highest BCUT2D eigenvalue weighted by molar-refractivity contribution is 7.89. The second-order valence-electron chi connectivity index (χ2n) is 5.48. The van der Waals surface area contributed by atoms with E-state index in [1.54, 1.807) is 22.5 Å². The zero-order valence-corrected chi connectivity index (χ0v) is 13.0. The number of hydrogen-bond donors (Lipinski definition) is 1. The summed E-state index contributed by atoms with van der Waals surface area (Å²) in [5.41, 5.74) is 0.952. The molecule has 1 atom stereocenters. The first-order valence-electron chi connectivity index (χ1n) is 7.07. The highest BCUT2D eigenvalue weighted by Gasteiger charge is 2.37. The minimum Gasteiger partial charge on any atom is -0.317 e. The third-order valence-corrected chi connectivity index (χ3v) is 5.73. The predicted octanol–water partition coefficient (Wildman–Crippen LogP) is 1.96. The number of benzene rings is 1. The molecule has 1 N–H and O–H groups in total. The van der Waals surface area contributed by atoms with Crippen LogP contribution in [0.2, 0.25) is 0 Å². The van der Waals surface area contributed by atoms with E-state index in [1.165, 1.54) is 0 Å². The van der Waals surface area contributed by atoms with E-state index in [9.17, 15) is 8.42 Å². The normalized spacial score (nSPS) is 19.1. The first-order valence-corrected chi connectivity index (χ1v) is 8.51. The first-order chi connectivity index (χ1) is 9.43. The fraction of sp³-hybridized carbons (Fsp3) is 0.533. The van der Waals surface area contributed by atoms with Crippen molar-refractivity contribution in [1.82, 2.24) is 9.62 Å². The lowest BCUT2D eigenvalue weighted by atomic mass is 10.1. The summed E-state index contributed by atoms with van der Waals surface area (Å²) in [4.78, 5) is 0.367. The number of aryl methyl sites for hydroxylation is 1. The molecular weight excluding hydrogens is 272 g/mol. The molecule has 1 unspecified atom stereocenters. The van der Waals surface area contributed by atoms with Gasteiger partial charge in [-0.2, -0.15) is 4.31 Å². The molecule has 1 aromatic carbocycles. The van der Waals surface area contributed by atoms with E-state index in [0.29, 0.717) is 4.90 Å². The van der Waals surface area contributed by atoms with Gasteiger partial charge in [-0.3, -0.25) is 0 Å². The van der Waals surface area contributed by atoms with Crippen LogP contribution in [0.15, 0.2) is 29.2 Å². The Labute approximate surface area is 122 Å². The number of nitrogens with zero attached hydrogens (tertiary/aromatic N) is 1. The van der Waals surface area contributed by atoms with E-state index < -0.39 is 10.0 Å². The van der Waals surface area contributed by atoms with Crippen molar-refractivity contribution < 1.29 is 8.42 Å². The largest absolute Gasteiger partial charge is 0.317 e. The molecule has 110 valence electrons. The van der Waals surface area contributed by atoms with Crippen molar-refractivity contribution in [3.05, 3.63) is 36.8 Å². The summed E-state index contributed by atoms with van der Waals surface area (Å²) in [6, 6.07) is 6.85. The highest BCUT2D eigenvalue weighted by atomic mass is 32.2. The van der Waals surface area contributed by atoms with Crippen molar-refractivity contribution in [2.24, 2.45) is 0 Å². The summed E-state index contributed by atoms with van der Waals surface area (Å²) in [7, 11) is -3.48. The molecule has 5 heteroatoms. The first kappa shape index (κ1) is 15.4. The minimum atomic E-state index is -3.48. The number of rotatable bonds is 4. The lowest BCUT2D eigenvalue weighted by molar-refractivity contribution is 0.239. The van der Waals surface area contributed by atoms with Gasteiger partial charge in [-0.25, -0.2) is 8.42 Å². The SMILES string of the molecule is [CH2+]C(C)N(C1CCNCC1)S(=O)(=O)c1cccc(C)c1. The quantitative estimate of drug-likeness (QED) is 0.864. The summed E-state index contributed by atoms with van der Waals surface area (Å²) in [6.45, 7) is 9.42. The number of piperidine rings is 1. The van der Waals surface area contributed by atoms with Crippen LogP contribution in [0.25, 0.3) is 0 Å². The summed E-state index contributed by atoms with van der Waals surface area (Å²) in [6.07, 6.45) is 1.68. The Hall–Kier alpha value is -1.04. The van der Waals surface area contributed by atoms with E-state index in [-0.39, 0.29) is 12.1 Å². The number of sulfonamides is 1. The van der Waals surface area contributed by atoms with E-state index in [4.69, 9.17) is 0 Å². The zero-order chi connectivity index (χ0) is 14.8. The van der Waals surface area contributed by atoms with Gasteiger partial charge < -0.3 is 5.32 Å². The van der Waals surface area contributed by atoms with Crippen molar-refractivity contribution in [3.63, 3.8) is 0 Å². The van der Waals surface area contributed by atoms with Crippen LogP contribution >= 0.6 is 0 Å². The van der Waals surface area contributed by atoms with Crippen LogP contribution in [0.3, 0.4) is 0 Å². The zero-order valence-electron chi connectivity index (χ0n) is 12.2. The maximum atomic E-state index is 12.9. The minimum absolute atomic E-state index is 0.0364. The Morgan fingerprint density at radius 3 is 2.55 bits per heavy atom. The van der Waals surface area contributed by atoms with Crippen LogP contribution in [-0.4, -0.2) is 37.9 Å². The molecule has 1 aliphatic rings. The van der Waals surface area contributed by atoms with Gasteiger partial charge in [0.2, 0.25) is 10.0 Å². The van der Waals surface area contributed by atoms with Gasteiger partial charge in [-0.15, -0.1) is 0 Å². The van der Waals surface area contributed by atoms with Crippen molar-refractivity contribution in [1.29, 1.82) is 0 Å². The number of nitrogens with one attached hydrogen (secondary N) is 1. The van der Waals surface area contributed by atoms with E-state index >= 15 is 0 Å². The van der Waals surface area contributed by atoms with E-state index in [1.807, 2.05) is 19.9 Å². The van der Waals surface area contributed by atoms with Gasteiger partial charge >= 0.3 is 0 Å². The fourth-order valence-electron chi connectivity index (χ4n) is 2.75. The fourth-order valence-corrected chi connectivity index (χ4v) is 4.66. The van der Waals surface area contributed by atoms with Gasteiger partial charge in [-0.1, -0.05) is 12.1 Å². The Morgan fingerprint density at radius 1 is 1.35 bits per heavy atom. The topological polar surface area (TPSA) is 49.4 Å². The molecule has 0 bridgehead atoms. The molecule has 0 amide bonds. The average Bonchev–Trinajstić information content (AvgIpc) is 2.39. The van der Waals surface area contributed by atoms with Gasteiger partial charge in [0.15, 0.2) is 6.04 Å². The van der Waals surface area contributed by atoms with Crippen molar-refractivity contribution >= 4 is 10.0 Å². The molecule has 4 nitrogen and oxygen atoms in total. The van der Waals surface area contributed by atoms with Gasteiger partial charge in [0, 0.05) is 6.04 Å². The molecule has 0 spiro atoms. The molecular formula is C15H23N2O2S+. The molecule has 0 saturated carbocycles. The van der Waals surface area contributed by atoms with E-state index in [2.05, 4.69) is 12.2 Å². The highest BCUT2D eigenvalue weighted by Crippen LogP contribution is 2.25. The summed E-state index contributed by atoms with van der Waals surface area (Å²) >= 11 is 0. The molecule has 0 aromatic heterocycles. The van der Waals surface area contributed by atoms with Crippen LogP contribution in [0.4, 0.5) is 0 Å². The van der Waals surface area contributed by atoms with Crippen LogP contribution in [-0.2, 0) is 10.0 Å². The third-order valence-electron chi connectivity index (χ3n) is 3.67. The molecule has 0 aliphatic carbocycles. The van der Waals surface area contributed by atoms with Crippen molar-refractivity contribution in [2.75, 3.05) is 13.1 Å². The molecule has 0 radical (unpaired) electrons. The second kappa shape index (κ2) is 6.16. The molecule has 1 fully saturated rings. The summed E-state index contributed by atoms with van der Waals surface area (Å²) < 4.78 is 27.4. The van der Waals surface area contributed by atoms with Crippen LogP contribution < -0.4 is 5.32 Å². The second-order valence-corrected chi connectivity index (χ2v) is 7.32. The monoisotopic (exact) mass is 295 g/mol. The number of hydrogen-bond acceptors (Lipinski definition) is 3. The van der Waals surface area contributed by atoms with Gasteiger partial charge in [0.05, 0.1) is 11.8 Å². The summed E-state index contributed by atoms with van der Waals surface area (Å²) in [5, 5.41) is 3.27. The van der Waals surface area contributed by atoms with Crippen LogP contribution in [0.1, 0.15) is 25.3 Å². The molecule has 1 saturated heterocycles. The van der Waals surface area contributed by atoms with Crippen LogP contribution in [0, 0.1) is 13.8 Å². The molecule has 1 aromatic rings. The van der Waals surface area contributed by atoms with Gasteiger partial charge in [-0.05, 0) is 57.5 Å². The Morgan fingerprint density at radius 2 is 2.00 bits per heavy atom. The predicted molar refractivity (Wildman–Crippen MR) is 80.9 cm³/mol. The van der Waals surface area contributed by atoms with Gasteiger partial charge in [0.25, 0.3) is 0 Å². The molecule has 20 heavy (non-hydrogen) atoms. The molecule has 1 heterocycles. The van der Waals surface area contributed by atoms with Crippen molar-refractivity contribution in [3.8, 4) is 0 Å². The standard InChI is InChI=1S/C15H23N2O2S/c1-12(2)17(14-7-9-16-10-8-14)20(18,19)15-6-4-5-13(3)11-15/h4-6,11-12,14,16H,1,7-10H2,2-3H3/q+1. The maximum absolute atomic E-state index is 12.9. The average molecular weight is 295 g/mol. The lowest BCUT2D eigenvalue weighted by Crippen LogP contribution is -2.49. The van der Waals surface area contributed by atoms with Gasteiger partial charge in [0.1, 0.15) is 0 Å². The Balaban J connectivity index is 2.36. The molecule has 2 rings (SSSR count). The van der Waals surface area contributed by atoms with Crippen molar-refractivity contribution in [2.45, 2.75) is 43.7 Å². The Bertz CT molecular complexity index is 549. The summed E-state index contributed by atoms with van der Waals surface area (Å²) in [5.74, 6) is 0. The lowest BCUT2D eigenvalue weighted by Gasteiger charge is -2.33. The maximum Gasteiger partial charge on any atom is 0.247 e.